The molecule has 1 fully saturated rings. The number of aromatic nitrogens is 1. The summed E-state index contributed by atoms with van der Waals surface area (Å²) in [4.78, 5) is 6.08. The van der Waals surface area contributed by atoms with E-state index in [4.69, 9.17) is 4.74 Å². The van der Waals surface area contributed by atoms with Gasteiger partial charge < -0.3 is 9.64 Å². The summed E-state index contributed by atoms with van der Waals surface area (Å²) in [6.45, 7) is 1.21. The molecule has 1 aliphatic rings. The first-order chi connectivity index (χ1) is 11.5. The van der Waals surface area contributed by atoms with Gasteiger partial charge in [-0.25, -0.2) is 22.5 Å². The highest BCUT2D eigenvalue weighted by molar-refractivity contribution is 7.89. The molecule has 8 heteroatoms. The number of nitrogens with zero attached hydrogens (tertiary/aromatic N) is 2. The number of halogens is 1. The minimum atomic E-state index is -3.88. The lowest BCUT2D eigenvalue weighted by molar-refractivity contribution is 0.400. The zero-order valence-electron chi connectivity index (χ0n) is 13.1. The van der Waals surface area contributed by atoms with Gasteiger partial charge in [-0.15, -0.1) is 0 Å². The van der Waals surface area contributed by atoms with Gasteiger partial charge >= 0.3 is 0 Å². The molecule has 3 rings (SSSR count). The summed E-state index contributed by atoms with van der Waals surface area (Å²) in [5, 5.41) is 0. The van der Waals surface area contributed by atoms with E-state index in [0.29, 0.717) is 19.5 Å². The molecule has 0 aliphatic carbocycles. The second-order valence-electron chi connectivity index (χ2n) is 5.54. The molecule has 0 bridgehead atoms. The standard InChI is InChI=1S/C16H18FN3O3S/c1-23-14-6-5-12(17)10-15(14)24(21,22)19-13-7-9-20(11-13)16-4-2-3-8-18-16/h2-6,8,10,13,19H,7,9,11H2,1H3. The van der Waals surface area contributed by atoms with Crippen LogP contribution in [-0.2, 0) is 10.0 Å². The molecule has 0 radical (unpaired) electrons. The van der Waals surface area contributed by atoms with E-state index >= 15 is 0 Å². The van der Waals surface area contributed by atoms with Crippen LogP contribution in [0.1, 0.15) is 6.42 Å². The van der Waals surface area contributed by atoms with Gasteiger partial charge in [-0.2, -0.15) is 0 Å². The summed E-state index contributed by atoms with van der Waals surface area (Å²) in [5.74, 6) is 0.295. The van der Waals surface area contributed by atoms with Gasteiger partial charge in [0.05, 0.1) is 7.11 Å². The van der Waals surface area contributed by atoms with Crippen molar-refractivity contribution < 1.29 is 17.5 Å². The summed E-state index contributed by atoms with van der Waals surface area (Å²) in [6.07, 6.45) is 2.35. The molecule has 2 heterocycles. The molecule has 1 saturated heterocycles. The fourth-order valence-corrected chi connectivity index (χ4v) is 4.19. The molecule has 1 aromatic heterocycles. The van der Waals surface area contributed by atoms with Gasteiger partial charge in [0, 0.05) is 25.3 Å². The van der Waals surface area contributed by atoms with Gasteiger partial charge in [-0.05, 0) is 36.8 Å². The van der Waals surface area contributed by atoms with Gasteiger partial charge in [0.1, 0.15) is 22.3 Å². The second-order valence-corrected chi connectivity index (χ2v) is 7.22. The van der Waals surface area contributed by atoms with E-state index < -0.39 is 15.8 Å². The fourth-order valence-electron chi connectivity index (χ4n) is 2.75. The summed E-state index contributed by atoms with van der Waals surface area (Å²) in [7, 11) is -2.52. The van der Waals surface area contributed by atoms with Crippen LogP contribution in [0.25, 0.3) is 0 Å². The third kappa shape index (κ3) is 3.49. The number of hydrogen-bond acceptors (Lipinski definition) is 5. The predicted molar refractivity (Wildman–Crippen MR) is 88.1 cm³/mol. The van der Waals surface area contributed by atoms with Crippen LogP contribution >= 0.6 is 0 Å². The Balaban J connectivity index is 1.75. The highest BCUT2D eigenvalue weighted by Crippen LogP contribution is 2.26. The number of anilines is 1. The number of nitrogens with one attached hydrogen (secondary N) is 1. The van der Waals surface area contributed by atoms with E-state index in [0.717, 1.165) is 18.0 Å². The lowest BCUT2D eigenvalue weighted by Gasteiger charge is -2.18. The van der Waals surface area contributed by atoms with Crippen LogP contribution in [0, 0.1) is 5.82 Å². The van der Waals surface area contributed by atoms with E-state index in [-0.39, 0.29) is 16.7 Å². The van der Waals surface area contributed by atoms with Gasteiger partial charge in [-0.1, -0.05) is 6.07 Å². The summed E-state index contributed by atoms with van der Waals surface area (Å²) in [6, 6.07) is 8.76. The van der Waals surface area contributed by atoms with Crippen LogP contribution in [-0.4, -0.2) is 39.6 Å². The summed E-state index contributed by atoms with van der Waals surface area (Å²) in [5.41, 5.74) is 0. The van der Waals surface area contributed by atoms with Crippen LogP contribution in [0.3, 0.4) is 0 Å². The van der Waals surface area contributed by atoms with Crippen molar-refractivity contribution in [2.75, 3.05) is 25.1 Å². The number of ether oxygens (including phenoxy) is 1. The average molecular weight is 351 g/mol. The number of sulfonamides is 1. The number of rotatable bonds is 5. The SMILES string of the molecule is COc1ccc(F)cc1S(=O)(=O)NC1CCN(c2ccccn2)C1. The molecule has 1 aromatic carbocycles. The molecular weight excluding hydrogens is 333 g/mol. The maximum Gasteiger partial charge on any atom is 0.244 e. The molecule has 128 valence electrons. The van der Waals surface area contributed by atoms with Crippen LogP contribution in [0.2, 0.25) is 0 Å². The minimum absolute atomic E-state index is 0.114. The third-order valence-corrected chi connectivity index (χ3v) is 5.44. The van der Waals surface area contributed by atoms with Crippen molar-refractivity contribution in [1.29, 1.82) is 0 Å². The van der Waals surface area contributed by atoms with Crippen LogP contribution in [0.5, 0.6) is 5.75 Å². The highest BCUT2D eigenvalue weighted by Gasteiger charge is 2.29. The Morgan fingerprint density at radius 3 is 2.88 bits per heavy atom. The molecule has 0 spiro atoms. The lowest BCUT2D eigenvalue weighted by Crippen LogP contribution is -2.37. The Bertz CT molecular complexity index is 815. The first kappa shape index (κ1) is 16.7. The number of methoxy groups -OCH3 is 1. The molecule has 1 N–H and O–H groups in total. The Kier molecular flexibility index (Phi) is 4.68. The summed E-state index contributed by atoms with van der Waals surface area (Å²) < 4.78 is 46.3. The molecule has 0 amide bonds. The Morgan fingerprint density at radius 1 is 1.33 bits per heavy atom. The maximum absolute atomic E-state index is 13.4. The van der Waals surface area contributed by atoms with E-state index in [2.05, 4.69) is 9.71 Å². The monoisotopic (exact) mass is 351 g/mol. The van der Waals surface area contributed by atoms with Crippen molar-refractivity contribution in [2.45, 2.75) is 17.4 Å². The zero-order chi connectivity index (χ0) is 17.2. The van der Waals surface area contributed by atoms with Gasteiger partial charge in [0.15, 0.2) is 0 Å². The minimum Gasteiger partial charge on any atom is -0.495 e. The van der Waals surface area contributed by atoms with Gasteiger partial charge in [0.2, 0.25) is 10.0 Å². The molecule has 24 heavy (non-hydrogen) atoms. The number of hydrogen-bond donors (Lipinski definition) is 1. The average Bonchev–Trinajstić information content (AvgIpc) is 3.03. The topological polar surface area (TPSA) is 71.5 Å². The zero-order valence-corrected chi connectivity index (χ0v) is 14.0. The second kappa shape index (κ2) is 6.74. The van der Waals surface area contributed by atoms with Crippen molar-refractivity contribution in [3.63, 3.8) is 0 Å². The van der Waals surface area contributed by atoms with E-state index in [1.54, 1.807) is 6.20 Å². The van der Waals surface area contributed by atoms with Crippen molar-refractivity contribution in [3.05, 3.63) is 48.4 Å². The highest BCUT2D eigenvalue weighted by atomic mass is 32.2. The first-order valence-corrected chi connectivity index (χ1v) is 9.00. The fraction of sp³-hybridized carbons (Fsp3) is 0.312. The maximum atomic E-state index is 13.4. The van der Waals surface area contributed by atoms with Crippen molar-refractivity contribution in [3.8, 4) is 5.75 Å². The van der Waals surface area contributed by atoms with E-state index in [1.165, 1.54) is 13.2 Å². The van der Waals surface area contributed by atoms with Crippen molar-refractivity contribution >= 4 is 15.8 Å². The Labute approximate surface area is 140 Å². The molecule has 0 saturated carbocycles. The molecule has 1 aliphatic heterocycles. The molecule has 1 unspecified atom stereocenters. The Morgan fingerprint density at radius 2 is 2.17 bits per heavy atom. The summed E-state index contributed by atoms with van der Waals surface area (Å²) >= 11 is 0. The first-order valence-electron chi connectivity index (χ1n) is 7.51. The van der Waals surface area contributed by atoms with Gasteiger partial charge in [-0.3, -0.25) is 0 Å². The number of benzene rings is 1. The third-order valence-electron chi connectivity index (χ3n) is 3.90. The lowest BCUT2D eigenvalue weighted by atomic mass is 10.3. The molecule has 1 atom stereocenters. The van der Waals surface area contributed by atoms with Crippen molar-refractivity contribution in [1.82, 2.24) is 9.71 Å². The molecular formula is C16H18FN3O3S. The van der Waals surface area contributed by atoms with E-state index in [1.807, 2.05) is 23.1 Å². The van der Waals surface area contributed by atoms with E-state index in [9.17, 15) is 12.8 Å². The predicted octanol–water partition coefficient (Wildman–Crippen LogP) is 1.79. The van der Waals surface area contributed by atoms with Gasteiger partial charge in [0.25, 0.3) is 0 Å². The largest absolute Gasteiger partial charge is 0.495 e. The normalized spacial score (nSPS) is 17.9. The quantitative estimate of drug-likeness (QED) is 0.889. The smallest absolute Gasteiger partial charge is 0.244 e. The molecule has 2 aromatic rings. The van der Waals surface area contributed by atoms with Crippen LogP contribution in [0.4, 0.5) is 10.2 Å². The Hall–Kier alpha value is -2.19. The van der Waals surface area contributed by atoms with Crippen LogP contribution < -0.4 is 14.4 Å². The number of pyridine rings is 1. The molecule has 6 nitrogen and oxygen atoms in total. The van der Waals surface area contributed by atoms with Crippen LogP contribution in [0.15, 0.2) is 47.5 Å². The van der Waals surface area contributed by atoms with Crippen molar-refractivity contribution in [2.24, 2.45) is 0 Å².